The van der Waals surface area contributed by atoms with Crippen molar-refractivity contribution in [2.45, 2.75) is 26.3 Å². The van der Waals surface area contributed by atoms with Gasteiger partial charge in [0.1, 0.15) is 5.82 Å². The lowest BCUT2D eigenvalue weighted by molar-refractivity contribution is -0.124. The van der Waals surface area contributed by atoms with Gasteiger partial charge in [0.2, 0.25) is 15.9 Å². The van der Waals surface area contributed by atoms with Crippen molar-refractivity contribution in [1.82, 2.24) is 19.5 Å². The van der Waals surface area contributed by atoms with Gasteiger partial charge in [-0.2, -0.15) is 0 Å². The molecule has 23 heavy (non-hydrogen) atoms. The number of hydrogen-bond acceptors (Lipinski definition) is 5. The number of carbonyl (C=O) groups excluding carboxylic acids is 1. The average molecular weight is 334 g/mol. The van der Waals surface area contributed by atoms with Gasteiger partial charge in [0, 0.05) is 18.5 Å². The Hall–Kier alpha value is -2.22. The fourth-order valence-corrected chi connectivity index (χ4v) is 3.34. The van der Waals surface area contributed by atoms with E-state index in [1.165, 1.54) is 0 Å². The van der Waals surface area contributed by atoms with E-state index in [2.05, 4.69) is 14.9 Å². The van der Waals surface area contributed by atoms with E-state index in [4.69, 9.17) is 0 Å². The van der Waals surface area contributed by atoms with Crippen LogP contribution in [0.1, 0.15) is 17.8 Å². The SMILES string of the molecule is Cc1cccc(-c2nnc3n2CC(C(=O)NS(C)(=O)=O)CC3)c1. The van der Waals surface area contributed by atoms with Crippen LogP contribution in [0.5, 0.6) is 0 Å². The van der Waals surface area contributed by atoms with Gasteiger partial charge in [-0.05, 0) is 19.4 Å². The summed E-state index contributed by atoms with van der Waals surface area (Å²) in [5, 5.41) is 8.43. The molecule has 8 heteroatoms. The number of carbonyl (C=O) groups is 1. The lowest BCUT2D eigenvalue weighted by atomic mass is 9.98. The van der Waals surface area contributed by atoms with Crippen molar-refractivity contribution in [3.05, 3.63) is 35.7 Å². The fraction of sp³-hybridized carbons (Fsp3) is 0.400. The highest BCUT2D eigenvalue weighted by molar-refractivity contribution is 7.89. The number of aryl methyl sites for hydroxylation is 2. The first-order chi connectivity index (χ1) is 10.8. The fourth-order valence-electron chi connectivity index (χ4n) is 2.80. The third kappa shape index (κ3) is 3.42. The molecule has 1 N–H and O–H groups in total. The number of fused-ring (bicyclic) bond motifs is 1. The molecule has 0 saturated heterocycles. The number of aromatic nitrogens is 3. The van der Waals surface area contributed by atoms with E-state index in [0.717, 1.165) is 23.2 Å². The van der Waals surface area contributed by atoms with E-state index in [-0.39, 0.29) is 0 Å². The summed E-state index contributed by atoms with van der Waals surface area (Å²) >= 11 is 0. The molecule has 1 amide bonds. The summed E-state index contributed by atoms with van der Waals surface area (Å²) in [6.45, 7) is 2.38. The summed E-state index contributed by atoms with van der Waals surface area (Å²) in [4.78, 5) is 12.1. The van der Waals surface area contributed by atoms with E-state index in [0.29, 0.717) is 25.2 Å². The molecule has 7 nitrogen and oxygen atoms in total. The van der Waals surface area contributed by atoms with Crippen LogP contribution in [-0.2, 0) is 27.8 Å². The second-order valence-corrected chi connectivity index (χ2v) is 7.64. The minimum Gasteiger partial charge on any atom is -0.310 e. The maximum Gasteiger partial charge on any atom is 0.238 e. The molecule has 1 aliphatic heterocycles. The molecule has 1 aromatic heterocycles. The molecule has 0 radical (unpaired) electrons. The van der Waals surface area contributed by atoms with E-state index in [9.17, 15) is 13.2 Å². The number of amides is 1. The number of benzene rings is 1. The van der Waals surface area contributed by atoms with Crippen molar-refractivity contribution in [3.8, 4) is 11.4 Å². The van der Waals surface area contributed by atoms with Crippen molar-refractivity contribution in [1.29, 1.82) is 0 Å². The van der Waals surface area contributed by atoms with Crippen LogP contribution in [0.15, 0.2) is 24.3 Å². The third-order valence-corrected chi connectivity index (χ3v) is 4.45. The summed E-state index contributed by atoms with van der Waals surface area (Å²) in [5.41, 5.74) is 2.05. The van der Waals surface area contributed by atoms with Gasteiger partial charge in [-0.3, -0.25) is 9.52 Å². The second kappa shape index (κ2) is 5.77. The zero-order valence-corrected chi connectivity index (χ0v) is 13.8. The largest absolute Gasteiger partial charge is 0.310 e. The van der Waals surface area contributed by atoms with E-state index < -0.39 is 21.8 Å². The molecular weight excluding hydrogens is 316 g/mol. The highest BCUT2D eigenvalue weighted by Gasteiger charge is 2.29. The summed E-state index contributed by atoms with van der Waals surface area (Å²) in [6, 6.07) is 7.91. The topological polar surface area (TPSA) is 93.9 Å². The zero-order valence-electron chi connectivity index (χ0n) is 13.0. The molecule has 1 aromatic carbocycles. The third-order valence-electron chi connectivity index (χ3n) is 3.88. The van der Waals surface area contributed by atoms with Crippen molar-refractivity contribution >= 4 is 15.9 Å². The maximum atomic E-state index is 12.1. The molecule has 1 unspecified atom stereocenters. The van der Waals surface area contributed by atoms with Crippen molar-refractivity contribution < 1.29 is 13.2 Å². The maximum absolute atomic E-state index is 12.1. The lowest BCUT2D eigenvalue weighted by Crippen LogP contribution is -2.38. The number of nitrogens with one attached hydrogen (secondary N) is 1. The normalized spacial score (nSPS) is 17.6. The first-order valence-electron chi connectivity index (χ1n) is 7.34. The number of nitrogens with zero attached hydrogens (tertiary/aromatic N) is 3. The van der Waals surface area contributed by atoms with Crippen molar-refractivity contribution in [2.24, 2.45) is 5.92 Å². The first kappa shape index (κ1) is 15.7. The Morgan fingerprint density at radius 3 is 2.83 bits per heavy atom. The summed E-state index contributed by atoms with van der Waals surface area (Å²) in [5.74, 6) is 0.657. The molecule has 3 rings (SSSR count). The van der Waals surface area contributed by atoms with Crippen LogP contribution < -0.4 is 4.72 Å². The lowest BCUT2D eigenvalue weighted by Gasteiger charge is -2.23. The van der Waals surface area contributed by atoms with E-state index in [1.54, 1.807) is 0 Å². The number of rotatable bonds is 3. The molecule has 1 atom stereocenters. The average Bonchev–Trinajstić information content (AvgIpc) is 2.88. The summed E-state index contributed by atoms with van der Waals surface area (Å²) in [7, 11) is -3.54. The molecule has 122 valence electrons. The molecule has 0 saturated carbocycles. The molecule has 2 aromatic rings. The quantitative estimate of drug-likeness (QED) is 0.900. The van der Waals surface area contributed by atoms with Gasteiger partial charge < -0.3 is 4.57 Å². The first-order valence-corrected chi connectivity index (χ1v) is 9.23. The van der Waals surface area contributed by atoms with Crippen LogP contribution in [-0.4, -0.2) is 35.3 Å². The van der Waals surface area contributed by atoms with Crippen LogP contribution in [0.2, 0.25) is 0 Å². The van der Waals surface area contributed by atoms with Crippen LogP contribution in [0.25, 0.3) is 11.4 Å². The van der Waals surface area contributed by atoms with Gasteiger partial charge in [-0.15, -0.1) is 10.2 Å². The molecule has 0 spiro atoms. The Morgan fingerprint density at radius 2 is 2.13 bits per heavy atom. The molecule has 0 aliphatic carbocycles. The minimum absolute atomic E-state index is 0.382. The summed E-state index contributed by atoms with van der Waals surface area (Å²) < 4.78 is 26.5. The minimum atomic E-state index is -3.54. The number of hydrogen-bond donors (Lipinski definition) is 1. The highest BCUT2D eigenvalue weighted by atomic mass is 32.2. The predicted octanol–water partition coefficient (Wildman–Crippen LogP) is 0.892. The van der Waals surface area contributed by atoms with Crippen LogP contribution in [0, 0.1) is 12.8 Å². The van der Waals surface area contributed by atoms with Gasteiger partial charge in [-0.1, -0.05) is 23.8 Å². The second-order valence-electron chi connectivity index (χ2n) is 5.89. The van der Waals surface area contributed by atoms with Gasteiger partial charge >= 0.3 is 0 Å². The Bertz CT molecular complexity index is 857. The Morgan fingerprint density at radius 1 is 1.35 bits per heavy atom. The smallest absolute Gasteiger partial charge is 0.238 e. The van der Waals surface area contributed by atoms with Crippen molar-refractivity contribution in [3.63, 3.8) is 0 Å². The van der Waals surface area contributed by atoms with Crippen LogP contribution in [0.4, 0.5) is 0 Å². The molecule has 2 heterocycles. The Balaban J connectivity index is 1.88. The zero-order chi connectivity index (χ0) is 16.6. The van der Waals surface area contributed by atoms with Gasteiger partial charge in [-0.25, -0.2) is 8.42 Å². The van der Waals surface area contributed by atoms with Gasteiger partial charge in [0.05, 0.1) is 12.2 Å². The standard InChI is InChI=1S/C15H18N4O3S/c1-10-4-3-5-11(8-10)14-17-16-13-7-6-12(9-19(13)14)15(20)18-23(2,21)22/h3-5,8,12H,6-7,9H2,1-2H3,(H,18,20). The van der Waals surface area contributed by atoms with Gasteiger partial charge in [0.25, 0.3) is 0 Å². The molecular formula is C15H18N4O3S. The molecule has 0 fully saturated rings. The summed E-state index contributed by atoms with van der Waals surface area (Å²) in [6.07, 6.45) is 2.14. The Labute approximate surface area is 134 Å². The van der Waals surface area contributed by atoms with E-state index >= 15 is 0 Å². The van der Waals surface area contributed by atoms with Crippen molar-refractivity contribution in [2.75, 3.05) is 6.26 Å². The van der Waals surface area contributed by atoms with E-state index in [1.807, 2.05) is 35.8 Å². The van der Waals surface area contributed by atoms with Crippen LogP contribution in [0.3, 0.4) is 0 Å². The van der Waals surface area contributed by atoms with Crippen LogP contribution >= 0.6 is 0 Å². The van der Waals surface area contributed by atoms with Gasteiger partial charge in [0.15, 0.2) is 5.82 Å². The molecule has 0 bridgehead atoms. The highest BCUT2D eigenvalue weighted by Crippen LogP contribution is 2.26. The predicted molar refractivity (Wildman–Crippen MR) is 85.0 cm³/mol. The molecule has 1 aliphatic rings. The Kier molecular flexibility index (Phi) is 3.93. The number of sulfonamides is 1. The monoisotopic (exact) mass is 334 g/mol.